The molecule has 5 heteroatoms. The molecule has 0 aromatic carbocycles. The van der Waals surface area contributed by atoms with E-state index >= 15 is 0 Å². The molecular formula is C10H22N2O2S. The van der Waals surface area contributed by atoms with Crippen molar-refractivity contribution in [2.75, 3.05) is 26.4 Å². The minimum absolute atomic E-state index is 0.198. The molecule has 1 rings (SSSR count). The summed E-state index contributed by atoms with van der Waals surface area (Å²) >= 11 is 0. The number of hydrogen-bond donors (Lipinski definition) is 1. The summed E-state index contributed by atoms with van der Waals surface area (Å²) in [6.45, 7) is 2.71. The van der Waals surface area contributed by atoms with Crippen molar-refractivity contribution in [2.45, 2.75) is 32.2 Å². The summed E-state index contributed by atoms with van der Waals surface area (Å²) in [5.41, 5.74) is 0. The molecule has 0 amide bonds. The fourth-order valence-electron chi connectivity index (χ4n) is 1.70. The molecule has 0 spiro atoms. The SMILES string of the molecule is CCC(NCCS(=O)(=O)N(C)C)C1CC1. The topological polar surface area (TPSA) is 49.4 Å². The Morgan fingerprint density at radius 3 is 2.40 bits per heavy atom. The van der Waals surface area contributed by atoms with Gasteiger partial charge in [0.25, 0.3) is 0 Å². The van der Waals surface area contributed by atoms with E-state index in [2.05, 4.69) is 12.2 Å². The highest BCUT2D eigenvalue weighted by atomic mass is 32.2. The summed E-state index contributed by atoms with van der Waals surface area (Å²) in [6.07, 6.45) is 3.69. The van der Waals surface area contributed by atoms with Crippen molar-refractivity contribution < 1.29 is 8.42 Å². The van der Waals surface area contributed by atoms with Gasteiger partial charge in [0.15, 0.2) is 0 Å². The molecule has 4 nitrogen and oxygen atoms in total. The Hall–Kier alpha value is -0.130. The lowest BCUT2D eigenvalue weighted by atomic mass is 10.1. The van der Waals surface area contributed by atoms with E-state index in [0.717, 1.165) is 12.3 Å². The van der Waals surface area contributed by atoms with Crippen LogP contribution in [0.4, 0.5) is 0 Å². The van der Waals surface area contributed by atoms with Gasteiger partial charge >= 0.3 is 0 Å². The predicted octanol–water partition coefficient (Wildman–Crippen LogP) is 0.656. The molecule has 0 radical (unpaired) electrons. The quantitative estimate of drug-likeness (QED) is 0.704. The standard InChI is InChI=1S/C10H22N2O2S/c1-4-10(9-5-6-9)11-7-8-15(13,14)12(2)3/h9-11H,4-8H2,1-3H3. The highest BCUT2D eigenvalue weighted by Crippen LogP contribution is 2.33. The zero-order chi connectivity index (χ0) is 11.5. The molecule has 0 aromatic heterocycles. The lowest BCUT2D eigenvalue weighted by Crippen LogP contribution is -2.37. The number of nitrogens with zero attached hydrogens (tertiary/aromatic N) is 1. The molecule has 1 saturated carbocycles. The minimum atomic E-state index is -3.04. The molecule has 0 bridgehead atoms. The van der Waals surface area contributed by atoms with Gasteiger partial charge in [-0.05, 0) is 25.2 Å². The fourth-order valence-corrected chi connectivity index (χ4v) is 2.44. The van der Waals surface area contributed by atoms with Crippen LogP contribution in [-0.4, -0.2) is 45.2 Å². The maximum Gasteiger partial charge on any atom is 0.214 e. The number of nitrogens with one attached hydrogen (secondary N) is 1. The average Bonchev–Trinajstić information content (AvgIpc) is 2.95. The summed E-state index contributed by atoms with van der Waals surface area (Å²) in [5, 5.41) is 3.34. The first-order valence-corrected chi connectivity index (χ1v) is 7.22. The summed E-state index contributed by atoms with van der Waals surface area (Å²) in [4.78, 5) is 0. The third-order valence-corrected chi connectivity index (χ3v) is 4.79. The summed E-state index contributed by atoms with van der Waals surface area (Å²) in [5.74, 6) is 0.987. The molecule has 1 atom stereocenters. The van der Waals surface area contributed by atoms with Crippen molar-refractivity contribution in [3.63, 3.8) is 0 Å². The molecule has 1 N–H and O–H groups in total. The molecule has 1 fully saturated rings. The lowest BCUT2D eigenvalue weighted by Gasteiger charge is -2.17. The van der Waals surface area contributed by atoms with E-state index in [1.165, 1.54) is 17.1 Å². The van der Waals surface area contributed by atoms with Crippen LogP contribution >= 0.6 is 0 Å². The number of hydrogen-bond acceptors (Lipinski definition) is 3. The molecule has 15 heavy (non-hydrogen) atoms. The van der Waals surface area contributed by atoms with E-state index in [4.69, 9.17) is 0 Å². The maximum absolute atomic E-state index is 11.5. The molecule has 0 aliphatic heterocycles. The van der Waals surface area contributed by atoms with Crippen LogP contribution in [0.5, 0.6) is 0 Å². The normalized spacial score (nSPS) is 19.5. The first-order valence-electron chi connectivity index (χ1n) is 5.61. The van der Waals surface area contributed by atoms with E-state index in [1.54, 1.807) is 14.1 Å². The maximum atomic E-state index is 11.5. The smallest absolute Gasteiger partial charge is 0.214 e. The van der Waals surface area contributed by atoms with Crippen molar-refractivity contribution in [1.29, 1.82) is 0 Å². The largest absolute Gasteiger partial charge is 0.313 e. The van der Waals surface area contributed by atoms with Crippen LogP contribution in [0, 0.1) is 5.92 Å². The van der Waals surface area contributed by atoms with Gasteiger partial charge in [-0.25, -0.2) is 12.7 Å². The van der Waals surface area contributed by atoms with E-state index in [0.29, 0.717) is 12.6 Å². The van der Waals surface area contributed by atoms with Gasteiger partial charge in [-0.1, -0.05) is 6.92 Å². The van der Waals surface area contributed by atoms with Gasteiger partial charge in [-0.15, -0.1) is 0 Å². The Morgan fingerprint density at radius 2 is 2.00 bits per heavy atom. The van der Waals surface area contributed by atoms with Gasteiger partial charge in [0, 0.05) is 26.7 Å². The van der Waals surface area contributed by atoms with Gasteiger partial charge in [0.05, 0.1) is 5.75 Å². The molecule has 0 aromatic rings. The Balaban J connectivity index is 2.25. The van der Waals surface area contributed by atoms with Crippen LogP contribution in [0.2, 0.25) is 0 Å². The molecule has 1 unspecified atom stereocenters. The van der Waals surface area contributed by atoms with Crippen LogP contribution in [0.1, 0.15) is 26.2 Å². The van der Waals surface area contributed by atoms with E-state index < -0.39 is 10.0 Å². The van der Waals surface area contributed by atoms with Gasteiger partial charge in [0.2, 0.25) is 10.0 Å². The summed E-state index contributed by atoms with van der Waals surface area (Å²) in [7, 11) is 0.117. The Bertz CT molecular complexity index is 284. The molecule has 0 saturated heterocycles. The van der Waals surface area contributed by atoms with Crippen LogP contribution in [-0.2, 0) is 10.0 Å². The summed E-state index contributed by atoms with van der Waals surface area (Å²) < 4.78 is 24.2. The van der Waals surface area contributed by atoms with Crippen molar-refractivity contribution in [3.8, 4) is 0 Å². The third kappa shape index (κ3) is 4.09. The number of rotatable bonds is 7. The number of sulfonamides is 1. The van der Waals surface area contributed by atoms with Crippen LogP contribution in [0.15, 0.2) is 0 Å². The predicted molar refractivity (Wildman–Crippen MR) is 62.3 cm³/mol. The Morgan fingerprint density at radius 1 is 1.40 bits per heavy atom. The van der Waals surface area contributed by atoms with E-state index in [9.17, 15) is 8.42 Å². The highest BCUT2D eigenvalue weighted by Gasteiger charge is 2.29. The van der Waals surface area contributed by atoms with E-state index in [1.807, 2.05) is 0 Å². The molecule has 1 aliphatic rings. The summed E-state index contributed by atoms with van der Waals surface area (Å²) in [6, 6.07) is 0.516. The monoisotopic (exact) mass is 234 g/mol. The fraction of sp³-hybridized carbons (Fsp3) is 1.00. The molecule has 90 valence electrons. The molecule has 0 heterocycles. The first kappa shape index (κ1) is 12.9. The van der Waals surface area contributed by atoms with E-state index in [-0.39, 0.29) is 5.75 Å². The second kappa shape index (κ2) is 5.27. The second-order valence-electron chi connectivity index (χ2n) is 4.40. The van der Waals surface area contributed by atoms with Gasteiger partial charge < -0.3 is 5.32 Å². The Kier molecular flexibility index (Phi) is 4.55. The van der Waals surface area contributed by atoms with Crippen LogP contribution in [0.25, 0.3) is 0 Å². The average molecular weight is 234 g/mol. The highest BCUT2D eigenvalue weighted by molar-refractivity contribution is 7.89. The first-order chi connectivity index (χ1) is 6.97. The van der Waals surface area contributed by atoms with Crippen LogP contribution < -0.4 is 5.32 Å². The van der Waals surface area contributed by atoms with Gasteiger partial charge in [-0.2, -0.15) is 0 Å². The zero-order valence-electron chi connectivity index (χ0n) is 9.86. The minimum Gasteiger partial charge on any atom is -0.313 e. The Labute approximate surface area is 93.1 Å². The van der Waals surface area contributed by atoms with Crippen molar-refractivity contribution in [3.05, 3.63) is 0 Å². The van der Waals surface area contributed by atoms with Crippen LogP contribution in [0.3, 0.4) is 0 Å². The zero-order valence-corrected chi connectivity index (χ0v) is 10.7. The lowest BCUT2D eigenvalue weighted by molar-refractivity contribution is 0.456. The van der Waals surface area contributed by atoms with Gasteiger partial charge in [0.1, 0.15) is 0 Å². The van der Waals surface area contributed by atoms with Crippen molar-refractivity contribution in [2.24, 2.45) is 5.92 Å². The van der Waals surface area contributed by atoms with Crippen molar-refractivity contribution in [1.82, 2.24) is 9.62 Å². The molecular weight excluding hydrogens is 212 g/mol. The third-order valence-electron chi connectivity index (χ3n) is 2.95. The second-order valence-corrected chi connectivity index (χ2v) is 6.71. The van der Waals surface area contributed by atoms with Gasteiger partial charge in [-0.3, -0.25) is 0 Å². The van der Waals surface area contributed by atoms with Crippen molar-refractivity contribution >= 4 is 10.0 Å². The molecule has 1 aliphatic carbocycles.